The van der Waals surface area contributed by atoms with Crippen LogP contribution in [0.3, 0.4) is 0 Å². The van der Waals surface area contributed by atoms with Crippen molar-refractivity contribution in [1.29, 1.82) is 0 Å². The molecule has 2 heterocycles. The second-order valence-corrected chi connectivity index (χ2v) is 6.64. The Kier molecular flexibility index (Phi) is 4.31. The van der Waals surface area contributed by atoms with Crippen LogP contribution in [0.1, 0.15) is 12.5 Å². The van der Waals surface area contributed by atoms with Crippen molar-refractivity contribution in [2.45, 2.75) is 31.6 Å². The molecule has 2 N–H and O–H groups in total. The van der Waals surface area contributed by atoms with Crippen LogP contribution in [0.5, 0.6) is 5.75 Å². The summed E-state index contributed by atoms with van der Waals surface area (Å²) in [6.45, 7) is 5.57. The van der Waals surface area contributed by atoms with Crippen molar-refractivity contribution in [1.82, 2.24) is 4.90 Å². The molecular weight excluding hydrogens is 320 g/mol. The van der Waals surface area contributed by atoms with Crippen LogP contribution >= 0.6 is 15.9 Å². The van der Waals surface area contributed by atoms with E-state index in [4.69, 9.17) is 15.2 Å². The van der Waals surface area contributed by atoms with E-state index in [1.54, 1.807) is 0 Å². The summed E-state index contributed by atoms with van der Waals surface area (Å²) in [5.74, 6) is 1.02. The molecule has 0 aromatic heterocycles. The van der Waals surface area contributed by atoms with E-state index in [-0.39, 0.29) is 18.2 Å². The first-order chi connectivity index (χ1) is 9.61. The van der Waals surface area contributed by atoms with Gasteiger partial charge in [-0.1, -0.05) is 15.9 Å². The number of fused-ring (bicyclic) bond motifs is 1. The number of halogens is 1. The fraction of sp³-hybridized carbons (Fsp3) is 0.600. The molecular formula is C15H21BrN2O2. The molecule has 1 aromatic carbocycles. The van der Waals surface area contributed by atoms with Crippen LogP contribution in [0.2, 0.25) is 0 Å². The zero-order chi connectivity index (χ0) is 14.1. The predicted octanol–water partition coefficient (Wildman–Crippen LogP) is 1.80. The summed E-state index contributed by atoms with van der Waals surface area (Å²) >= 11 is 3.51. The van der Waals surface area contributed by atoms with Crippen molar-refractivity contribution >= 4 is 15.9 Å². The molecule has 3 atom stereocenters. The van der Waals surface area contributed by atoms with E-state index in [2.05, 4.69) is 26.9 Å². The first-order valence-electron chi connectivity index (χ1n) is 7.16. The topological polar surface area (TPSA) is 47.7 Å². The molecule has 4 nitrogen and oxygen atoms in total. The maximum atomic E-state index is 6.03. The van der Waals surface area contributed by atoms with Gasteiger partial charge in [0, 0.05) is 36.6 Å². The van der Waals surface area contributed by atoms with Crippen LogP contribution in [0, 0.1) is 0 Å². The van der Waals surface area contributed by atoms with Crippen LogP contribution in [0.15, 0.2) is 22.7 Å². The van der Waals surface area contributed by atoms with Crippen LogP contribution in [-0.4, -0.2) is 49.4 Å². The van der Waals surface area contributed by atoms with Gasteiger partial charge in [-0.3, -0.25) is 4.90 Å². The molecule has 0 bridgehead atoms. The number of nitrogens with two attached hydrogens (primary N) is 1. The van der Waals surface area contributed by atoms with Gasteiger partial charge in [-0.15, -0.1) is 0 Å². The van der Waals surface area contributed by atoms with E-state index in [1.165, 1.54) is 5.56 Å². The Bertz CT molecular complexity index is 481. The number of hydrogen-bond donors (Lipinski definition) is 1. The normalized spacial score (nSPS) is 27.9. The van der Waals surface area contributed by atoms with Gasteiger partial charge in [0.05, 0.1) is 12.7 Å². The Hall–Kier alpha value is -0.620. The highest BCUT2D eigenvalue weighted by atomic mass is 79.9. The molecule has 2 aliphatic rings. The van der Waals surface area contributed by atoms with Crippen molar-refractivity contribution in [3.63, 3.8) is 0 Å². The molecule has 1 fully saturated rings. The maximum absolute atomic E-state index is 6.03. The van der Waals surface area contributed by atoms with Crippen molar-refractivity contribution in [3.05, 3.63) is 28.2 Å². The summed E-state index contributed by atoms with van der Waals surface area (Å²) in [4.78, 5) is 2.41. The Morgan fingerprint density at radius 2 is 2.35 bits per heavy atom. The minimum atomic E-state index is 0.0791. The van der Waals surface area contributed by atoms with E-state index in [1.807, 2.05) is 19.1 Å². The molecule has 110 valence electrons. The van der Waals surface area contributed by atoms with E-state index >= 15 is 0 Å². The lowest BCUT2D eigenvalue weighted by molar-refractivity contribution is -0.0452. The van der Waals surface area contributed by atoms with E-state index in [9.17, 15) is 0 Å². The summed E-state index contributed by atoms with van der Waals surface area (Å²) in [5.41, 5.74) is 7.23. The van der Waals surface area contributed by atoms with Crippen molar-refractivity contribution in [2.24, 2.45) is 5.73 Å². The average Bonchev–Trinajstić information content (AvgIpc) is 2.80. The Morgan fingerprint density at radius 1 is 1.50 bits per heavy atom. The minimum absolute atomic E-state index is 0.0791. The van der Waals surface area contributed by atoms with Gasteiger partial charge < -0.3 is 15.2 Å². The first-order valence-corrected chi connectivity index (χ1v) is 7.96. The molecule has 0 spiro atoms. The highest BCUT2D eigenvalue weighted by Crippen LogP contribution is 2.31. The molecule has 2 aliphatic heterocycles. The standard InChI is InChI=1S/C15H21BrN2O2/c1-10(17)15-9-18(4-5-19-15)8-13-7-11-6-12(16)2-3-14(11)20-13/h2-3,6,10,13,15H,4-5,7-9,17H2,1H3. The highest BCUT2D eigenvalue weighted by Gasteiger charge is 2.29. The lowest BCUT2D eigenvalue weighted by Gasteiger charge is -2.35. The number of ether oxygens (including phenoxy) is 2. The third-order valence-electron chi connectivity index (χ3n) is 3.99. The molecule has 3 unspecified atom stereocenters. The largest absolute Gasteiger partial charge is 0.488 e. The zero-order valence-corrected chi connectivity index (χ0v) is 13.3. The molecule has 20 heavy (non-hydrogen) atoms. The molecule has 1 saturated heterocycles. The summed E-state index contributed by atoms with van der Waals surface area (Å²) in [6.07, 6.45) is 1.36. The zero-order valence-electron chi connectivity index (χ0n) is 11.7. The Morgan fingerprint density at radius 3 is 3.15 bits per heavy atom. The minimum Gasteiger partial charge on any atom is -0.488 e. The van der Waals surface area contributed by atoms with Crippen molar-refractivity contribution < 1.29 is 9.47 Å². The van der Waals surface area contributed by atoms with Crippen molar-refractivity contribution in [3.8, 4) is 5.75 Å². The molecule has 0 aliphatic carbocycles. The van der Waals surface area contributed by atoms with Gasteiger partial charge in [-0.05, 0) is 30.7 Å². The lowest BCUT2D eigenvalue weighted by atomic mass is 10.1. The van der Waals surface area contributed by atoms with E-state index < -0.39 is 0 Å². The second-order valence-electron chi connectivity index (χ2n) is 5.72. The molecule has 0 saturated carbocycles. The van der Waals surface area contributed by atoms with Gasteiger partial charge in [-0.2, -0.15) is 0 Å². The third-order valence-corrected chi connectivity index (χ3v) is 4.48. The number of nitrogens with zero attached hydrogens (tertiary/aromatic N) is 1. The molecule has 0 radical (unpaired) electrons. The SMILES string of the molecule is CC(N)C1CN(CC2Cc3cc(Br)ccc3O2)CCO1. The predicted molar refractivity (Wildman–Crippen MR) is 82.1 cm³/mol. The van der Waals surface area contributed by atoms with Crippen LogP contribution in [0.4, 0.5) is 0 Å². The molecule has 1 aromatic rings. The smallest absolute Gasteiger partial charge is 0.123 e. The summed E-state index contributed by atoms with van der Waals surface area (Å²) in [6, 6.07) is 6.31. The molecule has 3 rings (SSSR count). The fourth-order valence-electron chi connectivity index (χ4n) is 2.89. The van der Waals surface area contributed by atoms with Gasteiger partial charge >= 0.3 is 0 Å². The van der Waals surface area contributed by atoms with Crippen LogP contribution < -0.4 is 10.5 Å². The van der Waals surface area contributed by atoms with Crippen LogP contribution in [-0.2, 0) is 11.2 Å². The number of morpholine rings is 1. The van der Waals surface area contributed by atoms with E-state index in [0.29, 0.717) is 0 Å². The van der Waals surface area contributed by atoms with Crippen LogP contribution in [0.25, 0.3) is 0 Å². The quantitative estimate of drug-likeness (QED) is 0.911. The van der Waals surface area contributed by atoms with Gasteiger partial charge in [0.2, 0.25) is 0 Å². The molecule has 0 amide bonds. The average molecular weight is 341 g/mol. The van der Waals surface area contributed by atoms with Gasteiger partial charge in [-0.25, -0.2) is 0 Å². The van der Waals surface area contributed by atoms with Gasteiger partial charge in [0.15, 0.2) is 0 Å². The summed E-state index contributed by atoms with van der Waals surface area (Å²) < 4.78 is 12.8. The first kappa shape index (κ1) is 14.3. The Balaban J connectivity index is 1.57. The van der Waals surface area contributed by atoms with Gasteiger partial charge in [0.1, 0.15) is 11.9 Å². The van der Waals surface area contributed by atoms with Gasteiger partial charge in [0.25, 0.3) is 0 Å². The fourth-order valence-corrected chi connectivity index (χ4v) is 3.30. The number of benzene rings is 1. The monoisotopic (exact) mass is 340 g/mol. The highest BCUT2D eigenvalue weighted by molar-refractivity contribution is 9.10. The summed E-state index contributed by atoms with van der Waals surface area (Å²) in [7, 11) is 0. The second kappa shape index (κ2) is 6.02. The lowest BCUT2D eigenvalue weighted by Crippen LogP contribution is -2.51. The van der Waals surface area contributed by atoms with Crippen molar-refractivity contribution in [2.75, 3.05) is 26.2 Å². The van der Waals surface area contributed by atoms with E-state index in [0.717, 1.165) is 42.9 Å². The third kappa shape index (κ3) is 3.17. The number of hydrogen-bond acceptors (Lipinski definition) is 4. The summed E-state index contributed by atoms with van der Waals surface area (Å²) in [5, 5.41) is 0. The number of rotatable bonds is 3. The maximum Gasteiger partial charge on any atom is 0.123 e. The Labute approximate surface area is 128 Å². The molecule has 5 heteroatoms.